The summed E-state index contributed by atoms with van der Waals surface area (Å²) in [7, 11) is 0. The molecule has 20 heavy (non-hydrogen) atoms. The standard InChI is InChI=1S/C14H15N3O3/c1-9-3-2-4-17-12(18)5-11(15-13(9)17)8-16-6-10(7-16)14(19)20/h2-5,10H,6-8H2,1H3,(H,19,20). The quantitative estimate of drug-likeness (QED) is 0.882. The minimum absolute atomic E-state index is 0.107. The van der Waals surface area contributed by atoms with Gasteiger partial charge in [-0.15, -0.1) is 0 Å². The zero-order valence-electron chi connectivity index (χ0n) is 11.1. The summed E-state index contributed by atoms with van der Waals surface area (Å²) in [6.07, 6.45) is 1.70. The molecule has 3 rings (SSSR count). The van der Waals surface area contributed by atoms with Crippen molar-refractivity contribution in [2.24, 2.45) is 5.92 Å². The van der Waals surface area contributed by atoms with E-state index in [-0.39, 0.29) is 11.5 Å². The first-order valence-electron chi connectivity index (χ1n) is 6.47. The summed E-state index contributed by atoms with van der Waals surface area (Å²) in [5.41, 5.74) is 2.18. The Kier molecular flexibility index (Phi) is 3.02. The highest BCUT2D eigenvalue weighted by molar-refractivity contribution is 5.71. The highest BCUT2D eigenvalue weighted by atomic mass is 16.4. The second-order valence-electron chi connectivity index (χ2n) is 5.20. The molecule has 0 aromatic carbocycles. The summed E-state index contributed by atoms with van der Waals surface area (Å²) in [5, 5.41) is 8.84. The largest absolute Gasteiger partial charge is 0.481 e. The molecular weight excluding hydrogens is 258 g/mol. The Hall–Kier alpha value is -2.21. The van der Waals surface area contributed by atoms with Gasteiger partial charge in [0.15, 0.2) is 0 Å². The molecule has 1 saturated heterocycles. The maximum atomic E-state index is 12.0. The van der Waals surface area contributed by atoms with Gasteiger partial charge >= 0.3 is 5.97 Å². The van der Waals surface area contributed by atoms with Crippen LogP contribution in [0.5, 0.6) is 0 Å². The number of rotatable bonds is 3. The van der Waals surface area contributed by atoms with Gasteiger partial charge in [0.05, 0.1) is 11.6 Å². The second-order valence-corrected chi connectivity index (χ2v) is 5.20. The van der Waals surface area contributed by atoms with E-state index in [1.807, 2.05) is 24.0 Å². The molecule has 0 unspecified atom stereocenters. The molecule has 0 spiro atoms. The van der Waals surface area contributed by atoms with Crippen LogP contribution in [0, 0.1) is 12.8 Å². The van der Waals surface area contributed by atoms with E-state index in [0.717, 1.165) is 5.56 Å². The molecule has 0 aliphatic carbocycles. The summed E-state index contributed by atoms with van der Waals surface area (Å²) >= 11 is 0. The SMILES string of the molecule is Cc1cccn2c(=O)cc(CN3CC(C(=O)O)C3)nc12. The molecule has 6 nitrogen and oxygen atoms in total. The smallest absolute Gasteiger partial charge is 0.309 e. The number of carbonyl (C=O) groups is 1. The summed E-state index contributed by atoms with van der Waals surface area (Å²) in [6, 6.07) is 5.24. The lowest BCUT2D eigenvalue weighted by molar-refractivity contribution is -0.147. The van der Waals surface area contributed by atoms with Gasteiger partial charge in [0, 0.05) is 31.9 Å². The van der Waals surface area contributed by atoms with Crippen molar-refractivity contribution in [3.8, 4) is 0 Å². The number of hydrogen-bond acceptors (Lipinski definition) is 4. The fourth-order valence-electron chi connectivity index (χ4n) is 2.47. The fourth-order valence-corrected chi connectivity index (χ4v) is 2.47. The molecular formula is C14H15N3O3. The predicted octanol–water partition coefficient (Wildman–Crippen LogP) is 0.519. The Bertz CT molecular complexity index is 732. The van der Waals surface area contributed by atoms with Gasteiger partial charge in [0.1, 0.15) is 5.65 Å². The van der Waals surface area contributed by atoms with Crippen LogP contribution in [0.15, 0.2) is 29.2 Å². The number of pyridine rings is 1. The molecule has 2 aromatic heterocycles. The third kappa shape index (κ3) is 2.18. The zero-order chi connectivity index (χ0) is 14.3. The van der Waals surface area contributed by atoms with E-state index in [1.54, 1.807) is 6.20 Å². The number of nitrogens with zero attached hydrogens (tertiary/aromatic N) is 3. The van der Waals surface area contributed by atoms with Crippen LogP contribution >= 0.6 is 0 Å². The molecule has 1 aliphatic heterocycles. The van der Waals surface area contributed by atoms with Crippen molar-refractivity contribution < 1.29 is 9.90 Å². The number of carboxylic acid groups (broad SMARTS) is 1. The van der Waals surface area contributed by atoms with Gasteiger partial charge in [-0.05, 0) is 18.6 Å². The van der Waals surface area contributed by atoms with Crippen molar-refractivity contribution in [1.82, 2.24) is 14.3 Å². The van der Waals surface area contributed by atoms with Crippen LogP contribution in [0.3, 0.4) is 0 Å². The van der Waals surface area contributed by atoms with Gasteiger partial charge in [-0.3, -0.25) is 18.9 Å². The molecule has 2 aromatic rings. The number of aliphatic carboxylic acids is 1. The highest BCUT2D eigenvalue weighted by Crippen LogP contribution is 2.18. The van der Waals surface area contributed by atoms with E-state index in [9.17, 15) is 9.59 Å². The molecule has 1 aliphatic rings. The van der Waals surface area contributed by atoms with Gasteiger partial charge < -0.3 is 5.11 Å². The maximum absolute atomic E-state index is 12.0. The van der Waals surface area contributed by atoms with Crippen LogP contribution in [0.1, 0.15) is 11.3 Å². The summed E-state index contributed by atoms with van der Waals surface area (Å²) in [4.78, 5) is 29.3. The van der Waals surface area contributed by atoms with Gasteiger partial charge in [-0.2, -0.15) is 0 Å². The Morgan fingerprint density at radius 3 is 2.95 bits per heavy atom. The predicted molar refractivity (Wildman–Crippen MR) is 72.6 cm³/mol. The fraction of sp³-hybridized carbons (Fsp3) is 0.357. The van der Waals surface area contributed by atoms with Crippen molar-refractivity contribution >= 4 is 11.6 Å². The minimum Gasteiger partial charge on any atom is -0.481 e. The first kappa shape index (κ1) is 12.8. The molecule has 3 heterocycles. The Balaban J connectivity index is 1.85. The van der Waals surface area contributed by atoms with Gasteiger partial charge in [-0.1, -0.05) is 6.07 Å². The maximum Gasteiger partial charge on any atom is 0.309 e. The normalized spacial score (nSPS) is 16.2. The van der Waals surface area contributed by atoms with E-state index in [1.165, 1.54) is 10.5 Å². The Morgan fingerprint density at radius 2 is 2.25 bits per heavy atom. The van der Waals surface area contributed by atoms with E-state index in [2.05, 4.69) is 4.98 Å². The number of fused-ring (bicyclic) bond motifs is 1. The average molecular weight is 273 g/mol. The monoisotopic (exact) mass is 273 g/mol. The van der Waals surface area contributed by atoms with E-state index >= 15 is 0 Å². The number of hydrogen-bond donors (Lipinski definition) is 1. The highest BCUT2D eigenvalue weighted by Gasteiger charge is 2.32. The molecule has 1 N–H and O–H groups in total. The Labute approximate surface area is 115 Å². The lowest BCUT2D eigenvalue weighted by atomic mass is 10.0. The summed E-state index contributed by atoms with van der Waals surface area (Å²) < 4.78 is 1.52. The van der Waals surface area contributed by atoms with Crippen LogP contribution in [-0.4, -0.2) is 38.4 Å². The molecule has 104 valence electrons. The van der Waals surface area contributed by atoms with Crippen molar-refractivity contribution in [2.45, 2.75) is 13.5 Å². The number of carboxylic acids is 1. The topological polar surface area (TPSA) is 74.9 Å². The van der Waals surface area contributed by atoms with E-state index in [4.69, 9.17) is 5.11 Å². The Morgan fingerprint density at radius 1 is 1.50 bits per heavy atom. The van der Waals surface area contributed by atoms with Crippen LogP contribution < -0.4 is 5.56 Å². The van der Waals surface area contributed by atoms with Crippen molar-refractivity contribution in [2.75, 3.05) is 13.1 Å². The third-order valence-corrected chi connectivity index (χ3v) is 3.63. The first-order valence-corrected chi connectivity index (χ1v) is 6.47. The van der Waals surface area contributed by atoms with E-state index in [0.29, 0.717) is 31.0 Å². The molecule has 0 atom stereocenters. The van der Waals surface area contributed by atoms with Crippen LogP contribution in [-0.2, 0) is 11.3 Å². The van der Waals surface area contributed by atoms with Crippen molar-refractivity contribution in [1.29, 1.82) is 0 Å². The van der Waals surface area contributed by atoms with Gasteiger partial charge in [0.25, 0.3) is 5.56 Å². The van der Waals surface area contributed by atoms with Gasteiger partial charge in [0.2, 0.25) is 0 Å². The summed E-state index contributed by atoms with van der Waals surface area (Å²) in [6.45, 7) is 3.47. The summed E-state index contributed by atoms with van der Waals surface area (Å²) in [5.74, 6) is -1.05. The van der Waals surface area contributed by atoms with Gasteiger partial charge in [-0.25, -0.2) is 4.98 Å². The molecule has 6 heteroatoms. The molecule has 0 saturated carbocycles. The first-order chi connectivity index (χ1) is 9.54. The second kappa shape index (κ2) is 4.72. The number of likely N-dealkylation sites (tertiary alicyclic amines) is 1. The zero-order valence-corrected chi connectivity index (χ0v) is 11.1. The average Bonchev–Trinajstić information content (AvgIpc) is 2.34. The molecule has 0 amide bonds. The number of aromatic nitrogens is 2. The molecule has 0 bridgehead atoms. The van der Waals surface area contributed by atoms with E-state index < -0.39 is 5.97 Å². The van der Waals surface area contributed by atoms with Crippen molar-refractivity contribution in [3.05, 3.63) is 46.0 Å². The van der Waals surface area contributed by atoms with Crippen molar-refractivity contribution in [3.63, 3.8) is 0 Å². The third-order valence-electron chi connectivity index (χ3n) is 3.63. The van der Waals surface area contributed by atoms with Crippen LogP contribution in [0.2, 0.25) is 0 Å². The van der Waals surface area contributed by atoms with Crippen LogP contribution in [0.25, 0.3) is 5.65 Å². The number of aryl methyl sites for hydroxylation is 1. The molecule has 1 fully saturated rings. The lowest BCUT2D eigenvalue weighted by Crippen LogP contribution is -2.49. The minimum atomic E-state index is -0.761. The lowest BCUT2D eigenvalue weighted by Gasteiger charge is -2.36. The molecule has 0 radical (unpaired) electrons. The van der Waals surface area contributed by atoms with Crippen LogP contribution in [0.4, 0.5) is 0 Å².